The summed E-state index contributed by atoms with van der Waals surface area (Å²) in [6.45, 7) is 3.75. The number of phenols is 1. The van der Waals surface area contributed by atoms with Crippen molar-refractivity contribution in [1.29, 1.82) is 0 Å². The van der Waals surface area contributed by atoms with Crippen LogP contribution < -0.4 is 10.1 Å². The predicted molar refractivity (Wildman–Crippen MR) is 73.0 cm³/mol. The lowest BCUT2D eigenvalue weighted by Gasteiger charge is -2.16. The molecule has 1 atom stereocenters. The lowest BCUT2D eigenvalue weighted by Crippen LogP contribution is -2.41. The Hall–Kier alpha value is -2.24. The first kappa shape index (κ1) is 15.8. The van der Waals surface area contributed by atoms with E-state index in [1.54, 1.807) is 0 Å². The van der Waals surface area contributed by atoms with E-state index in [1.807, 2.05) is 13.8 Å². The van der Waals surface area contributed by atoms with Crippen molar-refractivity contribution in [3.05, 3.63) is 23.8 Å². The van der Waals surface area contributed by atoms with Crippen molar-refractivity contribution in [2.75, 3.05) is 7.11 Å². The summed E-state index contributed by atoms with van der Waals surface area (Å²) < 4.78 is 4.88. The molecular formula is C14H19NO5. The molecule has 0 unspecified atom stereocenters. The van der Waals surface area contributed by atoms with Crippen molar-refractivity contribution in [2.24, 2.45) is 5.92 Å². The van der Waals surface area contributed by atoms with E-state index in [1.165, 1.54) is 25.3 Å². The summed E-state index contributed by atoms with van der Waals surface area (Å²) in [7, 11) is 1.40. The number of hydrogen-bond donors (Lipinski definition) is 3. The van der Waals surface area contributed by atoms with Gasteiger partial charge in [-0.05, 0) is 30.5 Å². The third-order valence-corrected chi connectivity index (χ3v) is 2.75. The second-order valence-corrected chi connectivity index (χ2v) is 4.88. The van der Waals surface area contributed by atoms with Crippen LogP contribution in [0.2, 0.25) is 0 Å². The lowest BCUT2D eigenvalue weighted by molar-refractivity contribution is -0.139. The Balaban J connectivity index is 2.83. The Morgan fingerprint density at radius 3 is 2.45 bits per heavy atom. The quantitative estimate of drug-likeness (QED) is 0.736. The normalized spacial score (nSPS) is 12.0. The Kier molecular flexibility index (Phi) is 5.37. The van der Waals surface area contributed by atoms with Crippen LogP contribution in [0.4, 0.5) is 0 Å². The summed E-state index contributed by atoms with van der Waals surface area (Å²) in [5.41, 5.74) is 0.179. The van der Waals surface area contributed by atoms with Crippen LogP contribution in [-0.4, -0.2) is 35.2 Å². The number of methoxy groups -OCH3 is 1. The summed E-state index contributed by atoms with van der Waals surface area (Å²) in [4.78, 5) is 23.1. The molecule has 0 bridgehead atoms. The van der Waals surface area contributed by atoms with E-state index in [2.05, 4.69) is 5.32 Å². The van der Waals surface area contributed by atoms with Crippen LogP contribution in [-0.2, 0) is 4.79 Å². The number of ether oxygens (including phenoxy) is 1. The molecule has 110 valence electrons. The number of carboxylic acid groups (broad SMARTS) is 1. The number of phenolic OH excluding ortho intramolecular Hbond substituents is 1. The average molecular weight is 281 g/mol. The number of carboxylic acids is 1. The van der Waals surface area contributed by atoms with Gasteiger partial charge in [-0.15, -0.1) is 0 Å². The van der Waals surface area contributed by atoms with Gasteiger partial charge in [0.1, 0.15) is 6.04 Å². The second-order valence-electron chi connectivity index (χ2n) is 4.88. The van der Waals surface area contributed by atoms with Crippen LogP contribution in [0.15, 0.2) is 18.2 Å². The zero-order chi connectivity index (χ0) is 15.3. The van der Waals surface area contributed by atoms with Crippen molar-refractivity contribution in [2.45, 2.75) is 26.3 Å². The van der Waals surface area contributed by atoms with E-state index in [0.717, 1.165) is 0 Å². The zero-order valence-corrected chi connectivity index (χ0v) is 11.7. The number of aromatic hydroxyl groups is 1. The highest BCUT2D eigenvalue weighted by Gasteiger charge is 2.22. The molecule has 1 aromatic rings. The molecule has 1 rings (SSSR count). The predicted octanol–water partition coefficient (Wildman–Crippen LogP) is 1.63. The third kappa shape index (κ3) is 4.15. The van der Waals surface area contributed by atoms with E-state index in [4.69, 9.17) is 9.84 Å². The highest BCUT2D eigenvalue weighted by molar-refractivity contribution is 5.97. The molecule has 0 heterocycles. The minimum Gasteiger partial charge on any atom is -0.504 e. The lowest BCUT2D eigenvalue weighted by atomic mass is 10.0. The van der Waals surface area contributed by atoms with Gasteiger partial charge in [-0.25, -0.2) is 4.79 Å². The first-order chi connectivity index (χ1) is 9.35. The van der Waals surface area contributed by atoms with E-state index in [-0.39, 0.29) is 23.0 Å². The van der Waals surface area contributed by atoms with Gasteiger partial charge >= 0.3 is 5.97 Å². The molecule has 6 heteroatoms. The van der Waals surface area contributed by atoms with Crippen molar-refractivity contribution < 1.29 is 24.5 Å². The van der Waals surface area contributed by atoms with Gasteiger partial charge in [0.15, 0.2) is 11.5 Å². The van der Waals surface area contributed by atoms with E-state index >= 15 is 0 Å². The van der Waals surface area contributed by atoms with Crippen LogP contribution in [0.5, 0.6) is 11.5 Å². The van der Waals surface area contributed by atoms with Gasteiger partial charge in [0.25, 0.3) is 5.91 Å². The number of rotatable bonds is 6. The molecule has 20 heavy (non-hydrogen) atoms. The first-order valence-electron chi connectivity index (χ1n) is 6.25. The molecule has 0 aliphatic carbocycles. The highest BCUT2D eigenvalue weighted by Crippen LogP contribution is 2.26. The third-order valence-electron chi connectivity index (χ3n) is 2.75. The van der Waals surface area contributed by atoms with Gasteiger partial charge in [0.2, 0.25) is 0 Å². The second kappa shape index (κ2) is 6.79. The summed E-state index contributed by atoms with van der Waals surface area (Å²) in [6, 6.07) is 3.19. The van der Waals surface area contributed by atoms with Gasteiger partial charge in [-0.2, -0.15) is 0 Å². The number of nitrogens with one attached hydrogen (secondary N) is 1. The topological polar surface area (TPSA) is 95.9 Å². The Labute approximate surface area is 117 Å². The minimum atomic E-state index is -1.08. The molecule has 1 aromatic carbocycles. The van der Waals surface area contributed by atoms with Gasteiger partial charge in [0, 0.05) is 5.56 Å². The molecule has 6 nitrogen and oxygen atoms in total. The summed E-state index contributed by atoms with van der Waals surface area (Å²) in [5, 5.41) is 21.1. The van der Waals surface area contributed by atoms with Crippen LogP contribution in [0.1, 0.15) is 30.6 Å². The summed E-state index contributed by atoms with van der Waals surface area (Å²) >= 11 is 0. The van der Waals surface area contributed by atoms with Crippen molar-refractivity contribution in [3.8, 4) is 11.5 Å². The summed E-state index contributed by atoms with van der Waals surface area (Å²) in [5.74, 6) is -1.41. The molecular weight excluding hydrogens is 262 g/mol. The van der Waals surface area contributed by atoms with Gasteiger partial charge in [-0.1, -0.05) is 13.8 Å². The SMILES string of the molecule is COc1ccc(C(=O)N[C@H](CC(C)C)C(=O)O)cc1O. The highest BCUT2D eigenvalue weighted by atomic mass is 16.5. The molecule has 0 aromatic heterocycles. The van der Waals surface area contributed by atoms with Gasteiger partial charge in [-0.3, -0.25) is 4.79 Å². The Morgan fingerprint density at radius 1 is 1.35 bits per heavy atom. The fourth-order valence-corrected chi connectivity index (χ4v) is 1.77. The Morgan fingerprint density at radius 2 is 2.00 bits per heavy atom. The monoisotopic (exact) mass is 281 g/mol. The molecule has 0 saturated carbocycles. The summed E-state index contributed by atoms with van der Waals surface area (Å²) in [6.07, 6.45) is 0.337. The molecule has 0 aliphatic heterocycles. The maximum Gasteiger partial charge on any atom is 0.326 e. The van der Waals surface area contributed by atoms with Crippen molar-refractivity contribution >= 4 is 11.9 Å². The molecule has 1 amide bonds. The molecule has 0 aliphatic rings. The number of aliphatic carboxylic acids is 1. The molecule has 0 saturated heterocycles. The standard InChI is InChI=1S/C14H19NO5/c1-8(2)6-10(14(18)19)15-13(17)9-4-5-12(20-3)11(16)7-9/h4-5,7-8,10,16H,6H2,1-3H3,(H,15,17)(H,18,19)/t10-/m1/s1. The largest absolute Gasteiger partial charge is 0.504 e. The fraction of sp³-hybridized carbons (Fsp3) is 0.429. The van der Waals surface area contributed by atoms with Crippen molar-refractivity contribution in [3.63, 3.8) is 0 Å². The van der Waals surface area contributed by atoms with Gasteiger partial charge < -0.3 is 20.3 Å². The van der Waals surface area contributed by atoms with Crippen LogP contribution in [0.3, 0.4) is 0 Å². The van der Waals surface area contributed by atoms with E-state index in [0.29, 0.717) is 6.42 Å². The molecule has 3 N–H and O–H groups in total. The minimum absolute atomic E-state index is 0.140. The number of carbonyl (C=O) groups is 2. The number of hydrogen-bond acceptors (Lipinski definition) is 4. The molecule has 0 spiro atoms. The number of amides is 1. The van der Waals surface area contributed by atoms with Gasteiger partial charge in [0.05, 0.1) is 7.11 Å². The maximum atomic E-state index is 12.0. The fourth-order valence-electron chi connectivity index (χ4n) is 1.77. The van der Waals surface area contributed by atoms with E-state index < -0.39 is 17.9 Å². The number of benzene rings is 1. The number of carbonyl (C=O) groups excluding carboxylic acids is 1. The molecule has 0 fully saturated rings. The van der Waals surface area contributed by atoms with Crippen molar-refractivity contribution in [1.82, 2.24) is 5.32 Å². The molecule has 0 radical (unpaired) electrons. The first-order valence-corrected chi connectivity index (χ1v) is 6.25. The van der Waals surface area contributed by atoms with Crippen LogP contribution in [0, 0.1) is 5.92 Å². The zero-order valence-electron chi connectivity index (χ0n) is 11.7. The van der Waals surface area contributed by atoms with Crippen LogP contribution in [0.25, 0.3) is 0 Å². The average Bonchev–Trinajstić information content (AvgIpc) is 2.37. The van der Waals surface area contributed by atoms with Crippen LogP contribution >= 0.6 is 0 Å². The van der Waals surface area contributed by atoms with E-state index in [9.17, 15) is 14.7 Å². The maximum absolute atomic E-state index is 12.0. The Bertz CT molecular complexity index is 498. The smallest absolute Gasteiger partial charge is 0.326 e.